The summed E-state index contributed by atoms with van der Waals surface area (Å²) in [5, 5.41) is 3.11. The highest BCUT2D eigenvalue weighted by Gasteiger charge is 2.42. The molecular formula is C24H33F3N2. The highest BCUT2D eigenvalue weighted by Crippen LogP contribution is 2.41. The van der Waals surface area contributed by atoms with Gasteiger partial charge in [0.1, 0.15) is 0 Å². The molecule has 0 fully saturated rings. The van der Waals surface area contributed by atoms with Crippen molar-refractivity contribution in [3.8, 4) is 0 Å². The molecule has 2 aromatic carbocycles. The molecule has 0 amide bonds. The first-order chi connectivity index (χ1) is 13.7. The van der Waals surface area contributed by atoms with Crippen molar-refractivity contribution in [3.63, 3.8) is 0 Å². The Morgan fingerprint density at radius 3 is 2.14 bits per heavy atom. The van der Waals surface area contributed by atoms with Crippen LogP contribution in [-0.4, -0.2) is 13.2 Å². The third-order valence-electron chi connectivity index (χ3n) is 6.02. The molecule has 0 saturated carbocycles. The van der Waals surface area contributed by atoms with Crippen LogP contribution in [0.25, 0.3) is 0 Å². The van der Waals surface area contributed by atoms with Crippen LogP contribution >= 0.6 is 0 Å². The molecule has 160 valence electrons. The van der Waals surface area contributed by atoms with E-state index in [1.165, 1.54) is 17.7 Å². The van der Waals surface area contributed by atoms with E-state index in [0.717, 1.165) is 38.2 Å². The van der Waals surface area contributed by atoms with Crippen molar-refractivity contribution in [1.29, 1.82) is 0 Å². The SMILES string of the molecule is CNC(N)C(CCCCCc1ccccc1)(c1cccc(C(F)(F)F)c1)C(C)C. The number of alkyl halides is 3. The second-order valence-electron chi connectivity index (χ2n) is 8.09. The summed E-state index contributed by atoms with van der Waals surface area (Å²) in [6.07, 6.45) is -0.0663. The van der Waals surface area contributed by atoms with Gasteiger partial charge in [-0.05, 0) is 49.4 Å². The number of rotatable bonds is 10. The lowest BCUT2D eigenvalue weighted by Crippen LogP contribution is -2.56. The fraction of sp³-hybridized carbons (Fsp3) is 0.500. The van der Waals surface area contributed by atoms with E-state index in [4.69, 9.17) is 5.73 Å². The molecule has 2 rings (SSSR count). The van der Waals surface area contributed by atoms with Gasteiger partial charge in [-0.1, -0.05) is 75.2 Å². The highest BCUT2D eigenvalue weighted by atomic mass is 19.4. The van der Waals surface area contributed by atoms with Crippen molar-refractivity contribution in [2.45, 2.75) is 63.7 Å². The van der Waals surface area contributed by atoms with Gasteiger partial charge in [0.05, 0.1) is 11.7 Å². The minimum Gasteiger partial charge on any atom is -0.315 e. The topological polar surface area (TPSA) is 38.0 Å². The average Bonchev–Trinajstić information content (AvgIpc) is 2.70. The molecule has 0 heterocycles. The van der Waals surface area contributed by atoms with E-state index >= 15 is 0 Å². The van der Waals surface area contributed by atoms with E-state index < -0.39 is 23.3 Å². The Kier molecular flexibility index (Phi) is 8.29. The first kappa shape index (κ1) is 23.4. The number of nitrogens with two attached hydrogens (primary N) is 1. The lowest BCUT2D eigenvalue weighted by Gasteiger charge is -2.43. The summed E-state index contributed by atoms with van der Waals surface area (Å²) in [5.74, 6) is 0.0857. The Morgan fingerprint density at radius 2 is 1.55 bits per heavy atom. The number of unbranched alkanes of at least 4 members (excludes halogenated alkanes) is 2. The Hall–Kier alpha value is -1.85. The molecule has 0 radical (unpaired) electrons. The lowest BCUT2D eigenvalue weighted by atomic mass is 9.66. The number of hydrogen-bond acceptors (Lipinski definition) is 2. The standard InChI is InChI=1S/C24H33F3N2/c1-18(2)23(22(28)29-3,20-14-10-15-21(17-20)24(25,26)27)16-9-5-8-13-19-11-6-4-7-12-19/h4,6-7,10-12,14-15,17-18,22,29H,5,8-9,13,16,28H2,1-3H3. The number of benzene rings is 2. The molecule has 0 aliphatic carbocycles. The molecule has 3 N–H and O–H groups in total. The molecule has 2 aromatic rings. The van der Waals surface area contributed by atoms with Crippen molar-refractivity contribution in [2.75, 3.05) is 7.05 Å². The zero-order valence-electron chi connectivity index (χ0n) is 17.6. The van der Waals surface area contributed by atoms with Crippen molar-refractivity contribution in [1.82, 2.24) is 5.32 Å². The summed E-state index contributed by atoms with van der Waals surface area (Å²) >= 11 is 0. The van der Waals surface area contributed by atoms with Gasteiger partial charge in [-0.25, -0.2) is 0 Å². The van der Waals surface area contributed by atoms with Crippen LogP contribution < -0.4 is 11.1 Å². The molecule has 0 aromatic heterocycles. The summed E-state index contributed by atoms with van der Waals surface area (Å²) in [4.78, 5) is 0. The fourth-order valence-corrected chi connectivity index (χ4v) is 4.27. The third kappa shape index (κ3) is 5.83. The van der Waals surface area contributed by atoms with Gasteiger partial charge >= 0.3 is 6.18 Å². The Bertz CT molecular complexity index is 743. The first-order valence-corrected chi connectivity index (χ1v) is 10.4. The number of nitrogens with one attached hydrogen (secondary N) is 1. The van der Waals surface area contributed by atoms with Gasteiger partial charge < -0.3 is 11.1 Å². The van der Waals surface area contributed by atoms with Gasteiger partial charge in [0.2, 0.25) is 0 Å². The maximum atomic E-state index is 13.3. The summed E-state index contributed by atoms with van der Waals surface area (Å²) < 4.78 is 39.9. The van der Waals surface area contributed by atoms with Crippen LogP contribution in [-0.2, 0) is 18.0 Å². The molecular weight excluding hydrogens is 373 g/mol. The molecule has 0 aliphatic rings. The van der Waals surface area contributed by atoms with Gasteiger partial charge in [-0.15, -0.1) is 0 Å². The Labute approximate surface area is 172 Å². The second-order valence-corrected chi connectivity index (χ2v) is 8.09. The molecule has 29 heavy (non-hydrogen) atoms. The van der Waals surface area contributed by atoms with E-state index in [1.807, 2.05) is 32.0 Å². The number of aryl methyl sites for hydroxylation is 1. The Balaban J connectivity index is 2.18. The zero-order chi connectivity index (χ0) is 21.5. The Morgan fingerprint density at radius 1 is 0.897 bits per heavy atom. The van der Waals surface area contributed by atoms with Crippen molar-refractivity contribution in [3.05, 3.63) is 71.3 Å². The van der Waals surface area contributed by atoms with E-state index in [1.54, 1.807) is 13.1 Å². The van der Waals surface area contributed by atoms with Crippen LogP contribution in [0.1, 0.15) is 56.2 Å². The van der Waals surface area contributed by atoms with Crippen molar-refractivity contribution < 1.29 is 13.2 Å². The predicted molar refractivity (Wildman–Crippen MR) is 114 cm³/mol. The van der Waals surface area contributed by atoms with E-state index in [-0.39, 0.29) is 5.92 Å². The molecule has 0 aliphatic heterocycles. The van der Waals surface area contributed by atoms with Gasteiger partial charge in [0.25, 0.3) is 0 Å². The molecule has 0 spiro atoms. The predicted octanol–water partition coefficient (Wildman–Crippen LogP) is 5.91. The zero-order valence-corrected chi connectivity index (χ0v) is 17.6. The van der Waals surface area contributed by atoms with Crippen LogP contribution in [0, 0.1) is 5.92 Å². The second kappa shape index (κ2) is 10.3. The third-order valence-corrected chi connectivity index (χ3v) is 6.02. The summed E-state index contributed by atoms with van der Waals surface area (Å²) in [7, 11) is 1.77. The number of halogens is 3. The molecule has 0 bridgehead atoms. The normalized spacial score (nSPS) is 15.3. The summed E-state index contributed by atoms with van der Waals surface area (Å²) in [6.45, 7) is 4.09. The number of likely N-dealkylation sites (N-methyl/N-ethyl adjacent to an activating group) is 1. The lowest BCUT2D eigenvalue weighted by molar-refractivity contribution is -0.137. The number of hydrogen-bond donors (Lipinski definition) is 2. The van der Waals surface area contributed by atoms with E-state index in [0.29, 0.717) is 5.56 Å². The molecule has 2 unspecified atom stereocenters. The van der Waals surface area contributed by atoms with Crippen LogP contribution in [0.4, 0.5) is 13.2 Å². The fourth-order valence-electron chi connectivity index (χ4n) is 4.27. The first-order valence-electron chi connectivity index (χ1n) is 10.4. The smallest absolute Gasteiger partial charge is 0.315 e. The van der Waals surface area contributed by atoms with Gasteiger partial charge in [-0.2, -0.15) is 13.2 Å². The van der Waals surface area contributed by atoms with Gasteiger partial charge in [0.15, 0.2) is 0 Å². The molecule has 2 atom stereocenters. The maximum absolute atomic E-state index is 13.3. The quantitative estimate of drug-likeness (QED) is 0.380. The van der Waals surface area contributed by atoms with E-state index in [2.05, 4.69) is 17.4 Å². The minimum absolute atomic E-state index is 0.0857. The molecule has 5 heteroatoms. The van der Waals surface area contributed by atoms with Crippen LogP contribution in [0.2, 0.25) is 0 Å². The van der Waals surface area contributed by atoms with Crippen LogP contribution in [0.15, 0.2) is 54.6 Å². The van der Waals surface area contributed by atoms with Crippen molar-refractivity contribution >= 4 is 0 Å². The monoisotopic (exact) mass is 406 g/mol. The van der Waals surface area contributed by atoms with Gasteiger partial charge in [-0.3, -0.25) is 0 Å². The minimum atomic E-state index is -4.36. The van der Waals surface area contributed by atoms with Crippen LogP contribution in [0.3, 0.4) is 0 Å². The highest BCUT2D eigenvalue weighted by molar-refractivity contribution is 5.34. The summed E-state index contributed by atoms with van der Waals surface area (Å²) in [6, 6.07) is 16.0. The van der Waals surface area contributed by atoms with Gasteiger partial charge in [0, 0.05) is 5.41 Å². The average molecular weight is 407 g/mol. The maximum Gasteiger partial charge on any atom is 0.416 e. The van der Waals surface area contributed by atoms with E-state index in [9.17, 15) is 13.2 Å². The summed E-state index contributed by atoms with van der Waals surface area (Å²) in [5.41, 5.74) is 7.24. The van der Waals surface area contributed by atoms with Crippen LogP contribution in [0.5, 0.6) is 0 Å². The van der Waals surface area contributed by atoms with Crippen molar-refractivity contribution in [2.24, 2.45) is 11.7 Å². The molecule has 0 saturated heterocycles. The molecule has 2 nitrogen and oxygen atoms in total. The largest absolute Gasteiger partial charge is 0.416 e.